The maximum Gasteiger partial charge on any atom is 0.133 e. The summed E-state index contributed by atoms with van der Waals surface area (Å²) < 4.78 is 26.2. The van der Waals surface area contributed by atoms with Gasteiger partial charge in [0.2, 0.25) is 0 Å². The summed E-state index contributed by atoms with van der Waals surface area (Å²) in [6, 6.07) is 10.2. The molecule has 0 aliphatic rings. The molecule has 2 rings (SSSR count). The minimum Gasteiger partial charge on any atom is -0.256 e. The molecule has 88 valence electrons. The van der Waals surface area contributed by atoms with E-state index in [0.717, 1.165) is 12.1 Å². The van der Waals surface area contributed by atoms with Crippen molar-refractivity contribution in [3.05, 3.63) is 65.5 Å². The van der Waals surface area contributed by atoms with Crippen LogP contribution in [-0.2, 0) is 0 Å². The molecule has 0 fully saturated rings. The average molecular weight is 242 g/mol. The molecule has 0 bridgehead atoms. The summed E-state index contributed by atoms with van der Waals surface area (Å²) in [6.07, 6.45) is 2.89. The summed E-state index contributed by atoms with van der Waals surface area (Å²) in [5.74, 6) is -1.36. The second-order valence-electron chi connectivity index (χ2n) is 3.55. The number of pyridine rings is 1. The van der Waals surface area contributed by atoms with Crippen LogP contribution in [0.2, 0.25) is 0 Å². The maximum absolute atomic E-state index is 13.4. The second kappa shape index (κ2) is 5.19. The van der Waals surface area contributed by atoms with E-state index in [1.165, 1.54) is 12.1 Å². The van der Waals surface area contributed by atoms with Crippen molar-refractivity contribution >= 4 is 11.6 Å². The molecule has 18 heavy (non-hydrogen) atoms. The Morgan fingerprint density at radius 3 is 2.67 bits per heavy atom. The smallest absolute Gasteiger partial charge is 0.133 e. The highest BCUT2D eigenvalue weighted by Crippen LogP contribution is 2.18. The Balaban J connectivity index is 2.45. The minimum atomic E-state index is -0.710. The Morgan fingerprint density at radius 1 is 1.22 bits per heavy atom. The lowest BCUT2D eigenvalue weighted by Gasteiger charge is -2.00. The lowest BCUT2D eigenvalue weighted by Crippen LogP contribution is -1.88. The number of hydrogen-bond donors (Lipinski definition) is 0. The van der Waals surface area contributed by atoms with Gasteiger partial charge in [0.05, 0.1) is 11.3 Å². The van der Waals surface area contributed by atoms with Crippen molar-refractivity contribution in [3.8, 4) is 6.07 Å². The van der Waals surface area contributed by atoms with Gasteiger partial charge in [-0.05, 0) is 30.3 Å². The van der Waals surface area contributed by atoms with Crippen molar-refractivity contribution in [2.24, 2.45) is 0 Å². The number of nitriles is 1. The highest BCUT2D eigenvalue weighted by Gasteiger charge is 2.05. The van der Waals surface area contributed by atoms with Crippen molar-refractivity contribution < 1.29 is 8.78 Å². The van der Waals surface area contributed by atoms with E-state index in [2.05, 4.69) is 4.98 Å². The standard InChI is InChI=1S/C14H8F2N2/c15-12-5-4-10(13(16)8-12)7-11(9-17)14-3-1-2-6-18-14/h1-8H/b11-7+. The fraction of sp³-hybridized carbons (Fsp3) is 0. The van der Waals surface area contributed by atoms with Gasteiger partial charge in [-0.1, -0.05) is 6.07 Å². The van der Waals surface area contributed by atoms with Gasteiger partial charge in [-0.2, -0.15) is 5.26 Å². The quantitative estimate of drug-likeness (QED) is 0.756. The van der Waals surface area contributed by atoms with E-state index in [1.807, 2.05) is 6.07 Å². The van der Waals surface area contributed by atoms with Gasteiger partial charge in [-0.3, -0.25) is 4.98 Å². The van der Waals surface area contributed by atoms with E-state index in [-0.39, 0.29) is 11.1 Å². The number of halogens is 2. The number of allylic oxidation sites excluding steroid dienone is 1. The van der Waals surface area contributed by atoms with Crippen LogP contribution in [-0.4, -0.2) is 4.98 Å². The van der Waals surface area contributed by atoms with Gasteiger partial charge in [0.1, 0.15) is 17.7 Å². The van der Waals surface area contributed by atoms with Gasteiger partial charge < -0.3 is 0 Å². The van der Waals surface area contributed by atoms with Crippen LogP contribution >= 0.6 is 0 Å². The highest BCUT2D eigenvalue weighted by atomic mass is 19.1. The van der Waals surface area contributed by atoms with Crippen LogP contribution < -0.4 is 0 Å². The first-order valence-electron chi connectivity index (χ1n) is 5.19. The molecule has 2 nitrogen and oxygen atoms in total. The van der Waals surface area contributed by atoms with E-state index >= 15 is 0 Å². The molecule has 0 atom stereocenters. The predicted octanol–water partition coefficient (Wildman–Crippen LogP) is 3.42. The molecule has 4 heteroatoms. The summed E-state index contributed by atoms with van der Waals surface area (Å²) in [4.78, 5) is 4.01. The lowest BCUT2D eigenvalue weighted by molar-refractivity contribution is 0.581. The Hall–Kier alpha value is -2.54. The van der Waals surface area contributed by atoms with Crippen LogP contribution in [0.3, 0.4) is 0 Å². The Bertz CT molecular complexity index is 628. The Labute approximate surface area is 103 Å². The summed E-state index contributed by atoms with van der Waals surface area (Å²) in [6.45, 7) is 0. The molecule has 0 unspecified atom stereocenters. The minimum absolute atomic E-state index is 0.151. The van der Waals surface area contributed by atoms with E-state index in [1.54, 1.807) is 24.4 Å². The third kappa shape index (κ3) is 2.58. The van der Waals surface area contributed by atoms with E-state index in [4.69, 9.17) is 5.26 Å². The molecule has 2 aromatic rings. The van der Waals surface area contributed by atoms with E-state index < -0.39 is 11.6 Å². The number of hydrogen-bond acceptors (Lipinski definition) is 2. The monoisotopic (exact) mass is 242 g/mol. The van der Waals surface area contributed by atoms with Crippen molar-refractivity contribution in [1.82, 2.24) is 4.98 Å². The molecular formula is C14H8F2N2. The molecule has 1 heterocycles. The van der Waals surface area contributed by atoms with Crippen LogP contribution in [0.15, 0.2) is 42.6 Å². The highest BCUT2D eigenvalue weighted by molar-refractivity contribution is 5.88. The fourth-order valence-corrected chi connectivity index (χ4v) is 1.46. The molecule has 0 saturated heterocycles. The van der Waals surface area contributed by atoms with Crippen molar-refractivity contribution in [2.75, 3.05) is 0 Å². The molecule has 0 amide bonds. The first kappa shape index (κ1) is 11.9. The average Bonchev–Trinajstić information content (AvgIpc) is 2.39. The molecule has 0 saturated carbocycles. The first-order chi connectivity index (χ1) is 8.70. The van der Waals surface area contributed by atoms with Crippen LogP contribution in [0.4, 0.5) is 8.78 Å². The molecular weight excluding hydrogens is 234 g/mol. The van der Waals surface area contributed by atoms with Crippen LogP contribution in [0.1, 0.15) is 11.3 Å². The summed E-state index contributed by atoms with van der Waals surface area (Å²) >= 11 is 0. The lowest BCUT2D eigenvalue weighted by atomic mass is 10.1. The van der Waals surface area contributed by atoms with Crippen molar-refractivity contribution in [2.45, 2.75) is 0 Å². The van der Waals surface area contributed by atoms with Gasteiger partial charge in [0.25, 0.3) is 0 Å². The fourth-order valence-electron chi connectivity index (χ4n) is 1.46. The molecule has 1 aromatic carbocycles. The maximum atomic E-state index is 13.4. The SMILES string of the molecule is N#C/C(=C\c1ccc(F)cc1F)c1ccccn1. The summed E-state index contributed by atoms with van der Waals surface area (Å²) in [5, 5.41) is 9.03. The third-order valence-corrected chi connectivity index (χ3v) is 2.32. The molecule has 0 aliphatic heterocycles. The predicted molar refractivity (Wildman–Crippen MR) is 64.1 cm³/mol. The molecule has 0 N–H and O–H groups in total. The third-order valence-electron chi connectivity index (χ3n) is 2.32. The molecule has 0 aliphatic carbocycles. The van der Waals surface area contributed by atoms with Crippen LogP contribution in [0, 0.1) is 23.0 Å². The van der Waals surface area contributed by atoms with Crippen LogP contribution in [0.25, 0.3) is 11.6 Å². The molecule has 0 spiro atoms. The topological polar surface area (TPSA) is 36.7 Å². The molecule has 1 aromatic heterocycles. The second-order valence-corrected chi connectivity index (χ2v) is 3.55. The first-order valence-corrected chi connectivity index (χ1v) is 5.19. The van der Waals surface area contributed by atoms with Gasteiger partial charge in [-0.15, -0.1) is 0 Å². The summed E-state index contributed by atoms with van der Waals surface area (Å²) in [5.41, 5.74) is 0.823. The van der Waals surface area contributed by atoms with Crippen molar-refractivity contribution in [3.63, 3.8) is 0 Å². The van der Waals surface area contributed by atoms with E-state index in [0.29, 0.717) is 5.69 Å². The zero-order valence-electron chi connectivity index (χ0n) is 9.27. The van der Waals surface area contributed by atoms with Gasteiger partial charge >= 0.3 is 0 Å². The zero-order valence-corrected chi connectivity index (χ0v) is 9.27. The van der Waals surface area contributed by atoms with Gasteiger partial charge in [-0.25, -0.2) is 8.78 Å². The van der Waals surface area contributed by atoms with Crippen molar-refractivity contribution in [1.29, 1.82) is 5.26 Å². The number of benzene rings is 1. The van der Waals surface area contributed by atoms with Crippen LogP contribution in [0.5, 0.6) is 0 Å². The normalized spacial score (nSPS) is 11.1. The Morgan fingerprint density at radius 2 is 2.06 bits per heavy atom. The summed E-state index contributed by atoms with van der Waals surface area (Å²) in [7, 11) is 0. The number of rotatable bonds is 2. The number of nitrogens with zero attached hydrogens (tertiary/aromatic N) is 2. The van der Waals surface area contributed by atoms with Gasteiger partial charge in [0.15, 0.2) is 0 Å². The Kier molecular flexibility index (Phi) is 3.44. The number of aromatic nitrogens is 1. The van der Waals surface area contributed by atoms with Gasteiger partial charge in [0, 0.05) is 17.8 Å². The van der Waals surface area contributed by atoms with E-state index in [9.17, 15) is 8.78 Å². The molecule has 0 radical (unpaired) electrons. The largest absolute Gasteiger partial charge is 0.256 e. The zero-order chi connectivity index (χ0) is 13.0.